The van der Waals surface area contributed by atoms with Crippen LogP contribution in [0.5, 0.6) is 0 Å². The molecule has 3 unspecified atom stereocenters. The Morgan fingerprint density at radius 3 is 2.68 bits per heavy atom. The van der Waals surface area contributed by atoms with Crippen LogP contribution >= 0.6 is 0 Å². The quantitative estimate of drug-likeness (QED) is 0.558. The van der Waals surface area contributed by atoms with Gasteiger partial charge in [0, 0.05) is 23.8 Å². The number of carbonyl (C=O) groups excluding carboxylic acids is 3. The van der Waals surface area contributed by atoms with E-state index in [1.165, 1.54) is 12.5 Å². The number of imidazole rings is 1. The molecule has 3 atom stereocenters. The molecule has 2 aliphatic rings. The number of rotatable bonds is 9. The molecule has 2 heterocycles. The van der Waals surface area contributed by atoms with E-state index >= 15 is 0 Å². The fraction of sp³-hybridized carbons (Fsp3) is 0.650. The number of aromatic nitrogens is 2. The van der Waals surface area contributed by atoms with Crippen molar-refractivity contribution >= 4 is 17.6 Å². The zero-order valence-corrected chi connectivity index (χ0v) is 16.3. The summed E-state index contributed by atoms with van der Waals surface area (Å²) in [6, 6.07) is 1.35. The van der Waals surface area contributed by atoms with E-state index in [0.29, 0.717) is 24.5 Å². The molecule has 28 heavy (non-hydrogen) atoms. The summed E-state index contributed by atoms with van der Waals surface area (Å²) < 4.78 is 0. The number of nitrogens with one attached hydrogen (secondary N) is 3. The number of Topliss-reactive ketones (excluding diaryl/α,β-unsaturated/α-hetero) is 1. The van der Waals surface area contributed by atoms with Crippen molar-refractivity contribution in [2.75, 3.05) is 0 Å². The Balaban J connectivity index is 1.60. The van der Waals surface area contributed by atoms with Gasteiger partial charge >= 0.3 is 0 Å². The maximum Gasteiger partial charge on any atom is 0.224 e. The summed E-state index contributed by atoms with van der Waals surface area (Å²) in [7, 11) is 0. The van der Waals surface area contributed by atoms with Gasteiger partial charge in [0.05, 0.1) is 18.6 Å². The fourth-order valence-electron chi connectivity index (χ4n) is 3.88. The highest BCUT2D eigenvalue weighted by atomic mass is 16.2. The number of H-pyrrole nitrogens is 1. The molecule has 1 aromatic rings. The number of hydrogen-bond donors (Lipinski definition) is 3. The van der Waals surface area contributed by atoms with E-state index in [1.807, 2.05) is 13.8 Å². The van der Waals surface area contributed by atoms with Crippen LogP contribution < -0.4 is 10.6 Å². The molecular weight excluding hydrogens is 358 g/mol. The van der Waals surface area contributed by atoms with Gasteiger partial charge in [-0.3, -0.25) is 14.4 Å². The first-order valence-corrected chi connectivity index (χ1v) is 9.81. The first-order valence-electron chi connectivity index (χ1n) is 9.81. The van der Waals surface area contributed by atoms with Crippen LogP contribution in [0.2, 0.25) is 0 Å². The molecule has 0 spiro atoms. The highest BCUT2D eigenvalue weighted by Gasteiger charge is 2.39. The Labute approximate surface area is 164 Å². The molecule has 150 valence electrons. The van der Waals surface area contributed by atoms with E-state index in [-0.39, 0.29) is 41.9 Å². The van der Waals surface area contributed by atoms with Gasteiger partial charge in [-0.15, -0.1) is 0 Å². The molecule has 1 aliphatic carbocycles. The summed E-state index contributed by atoms with van der Waals surface area (Å²) in [5, 5.41) is 15.2. The Morgan fingerprint density at radius 2 is 2.14 bits per heavy atom. The third kappa shape index (κ3) is 5.18. The van der Waals surface area contributed by atoms with Gasteiger partial charge in [-0.25, -0.2) is 4.98 Å². The standard InChI is InChI=1S/C20H27N5O3/c1-20(2)8-14(19(28)25-20)6-15(9-21)24-18(27)13(5-12-3-4-12)7-17(26)16-10-22-11-23-16/h10-15H,3-8H2,1-2H3,(H,22,23)(H,24,27)(H,25,28). The predicted octanol–water partition coefficient (Wildman–Crippen LogP) is 1.71. The normalized spacial score (nSPS) is 22.8. The van der Waals surface area contributed by atoms with Gasteiger partial charge < -0.3 is 15.6 Å². The molecule has 0 aromatic carbocycles. The van der Waals surface area contributed by atoms with E-state index in [9.17, 15) is 19.6 Å². The number of ketones is 1. The fourth-order valence-corrected chi connectivity index (χ4v) is 3.88. The van der Waals surface area contributed by atoms with Crippen molar-refractivity contribution in [3.05, 3.63) is 18.2 Å². The zero-order valence-electron chi connectivity index (χ0n) is 16.3. The molecule has 3 N–H and O–H groups in total. The lowest BCUT2D eigenvalue weighted by Crippen LogP contribution is -2.40. The maximum atomic E-state index is 12.8. The van der Waals surface area contributed by atoms with Crippen LogP contribution in [0.3, 0.4) is 0 Å². The van der Waals surface area contributed by atoms with Gasteiger partial charge in [-0.05, 0) is 39.0 Å². The summed E-state index contributed by atoms with van der Waals surface area (Å²) in [5.74, 6) is -0.843. The average Bonchev–Trinajstić information content (AvgIpc) is 3.18. The number of hydrogen-bond acceptors (Lipinski definition) is 5. The van der Waals surface area contributed by atoms with Crippen molar-refractivity contribution in [1.82, 2.24) is 20.6 Å². The predicted molar refractivity (Wildman–Crippen MR) is 101 cm³/mol. The van der Waals surface area contributed by atoms with Crippen molar-refractivity contribution in [3.63, 3.8) is 0 Å². The van der Waals surface area contributed by atoms with E-state index in [0.717, 1.165) is 12.8 Å². The molecule has 1 aromatic heterocycles. The average molecular weight is 385 g/mol. The van der Waals surface area contributed by atoms with Crippen molar-refractivity contribution in [3.8, 4) is 6.07 Å². The summed E-state index contributed by atoms with van der Waals surface area (Å²) in [4.78, 5) is 44.0. The lowest BCUT2D eigenvalue weighted by atomic mass is 9.91. The van der Waals surface area contributed by atoms with Gasteiger partial charge in [-0.1, -0.05) is 12.8 Å². The Hall–Kier alpha value is -2.69. The number of aromatic amines is 1. The maximum absolute atomic E-state index is 12.8. The second-order valence-corrected chi connectivity index (χ2v) is 8.67. The third-order valence-corrected chi connectivity index (χ3v) is 5.50. The first-order chi connectivity index (χ1) is 13.3. The van der Waals surface area contributed by atoms with Crippen LogP contribution in [-0.2, 0) is 9.59 Å². The number of nitriles is 1. The second-order valence-electron chi connectivity index (χ2n) is 8.67. The molecule has 0 bridgehead atoms. The van der Waals surface area contributed by atoms with Gasteiger partial charge in [-0.2, -0.15) is 5.26 Å². The highest BCUT2D eigenvalue weighted by Crippen LogP contribution is 2.36. The highest BCUT2D eigenvalue weighted by molar-refractivity contribution is 5.97. The van der Waals surface area contributed by atoms with Crippen molar-refractivity contribution < 1.29 is 14.4 Å². The van der Waals surface area contributed by atoms with Crippen molar-refractivity contribution in [1.29, 1.82) is 5.26 Å². The van der Waals surface area contributed by atoms with Gasteiger partial charge in [0.2, 0.25) is 11.8 Å². The molecule has 8 heteroatoms. The zero-order chi connectivity index (χ0) is 20.3. The Kier molecular flexibility index (Phi) is 5.82. The minimum atomic E-state index is -0.749. The monoisotopic (exact) mass is 385 g/mol. The molecule has 2 amide bonds. The molecule has 1 saturated carbocycles. The minimum absolute atomic E-state index is 0.0801. The van der Waals surface area contributed by atoms with Crippen LogP contribution in [-0.4, -0.2) is 39.1 Å². The SMILES string of the molecule is CC1(C)CC(CC(C#N)NC(=O)C(CC(=O)c2cnc[nH]2)CC2CC2)C(=O)N1. The minimum Gasteiger partial charge on any atom is -0.351 e. The van der Waals surface area contributed by atoms with Crippen LogP contribution in [0.4, 0.5) is 0 Å². The number of nitrogens with zero attached hydrogens (tertiary/aromatic N) is 2. The summed E-state index contributed by atoms with van der Waals surface area (Å²) >= 11 is 0. The summed E-state index contributed by atoms with van der Waals surface area (Å²) in [6.45, 7) is 3.88. The van der Waals surface area contributed by atoms with Gasteiger partial charge in [0.15, 0.2) is 5.78 Å². The summed E-state index contributed by atoms with van der Waals surface area (Å²) in [6.07, 6.45) is 6.66. The van der Waals surface area contributed by atoms with Crippen LogP contribution in [0, 0.1) is 29.1 Å². The molecule has 2 fully saturated rings. The lowest BCUT2D eigenvalue weighted by molar-refractivity contribution is -0.127. The first kappa shape index (κ1) is 20.1. The third-order valence-electron chi connectivity index (χ3n) is 5.50. The van der Waals surface area contributed by atoms with E-state index in [2.05, 4.69) is 26.7 Å². The van der Waals surface area contributed by atoms with Gasteiger partial charge in [0.25, 0.3) is 0 Å². The van der Waals surface area contributed by atoms with Crippen LogP contribution in [0.15, 0.2) is 12.5 Å². The van der Waals surface area contributed by atoms with Crippen molar-refractivity contribution in [2.24, 2.45) is 17.8 Å². The van der Waals surface area contributed by atoms with Crippen LogP contribution in [0.25, 0.3) is 0 Å². The van der Waals surface area contributed by atoms with Crippen LogP contribution in [0.1, 0.15) is 62.9 Å². The number of carbonyl (C=O) groups is 3. The molecule has 8 nitrogen and oxygen atoms in total. The molecule has 1 saturated heterocycles. The van der Waals surface area contributed by atoms with Crippen molar-refractivity contribution in [2.45, 2.75) is 64.0 Å². The smallest absolute Gasteiger partial charge is 0.224 e. The molecule has 0 radical (unpaired) electrons. The largest absolute Gasteiger partial charge is 0.351 e. The topological polar surface area (TPSA) is 128 Å². The molecular formula is C20H27N5O3. The molecule has 1 aliphatic heterocycles. The van der Waals surface area contributed by atoms with E-state index < -0.39 is 12.0 Å². The van der Waals surface area contributed by atoms with E-state index in [4.69, 9.17) is 0 Å². The molecule has 3 rings (SSSR count). The summed E-state index contributed by atoms with van der Waals surface area (Å²) in [5.41, 5.74) is 0.0897. The lowest BCUT2D eigenvalue weighted by Gasteiger charge is -2.20. The Bertz CT molecular complexity index is 776. The van der Waals surface area contributed by atoms with Gasteiger partial charge in [0.1, 0.15) is 11.7 Å². The second kappa shape index (κ2) is 8.13. The van der Waals surface area contributed by atoms with E-state index in [1.54, 1.807) is 0 Å². The Morgan fingerprint density at radius 1 is 1.39 bits per heavy atom. The number of amides is 2.